The van der Waals surface area contributed by atoms with Crippen LogP contribution in [0.25, 0.3) is 0 Å². The van der Waals surface area contributed by atoms with Crippen molar-refractivity contribution < 1.29 is 9.53 Å². The Balaban J connectivity index is 2.36. The summed E-state index contributed by atoms with van der Waals surface area (Å²) in [5, 5.41) is 6.45. The third-order valence-electron chi connectivity index (χ3n) is 3.69. The summed E-state index contributed by atoms with van der Waals surface area (Å²) in [5.74, 6) is 0.629. The molecule has 1 amide bonds. The Kier molecular flexibility index (Phi) is 4.88. The number of amides is 1. The van der Waals surface area contributed by atoms with Crippen molar-refractivity contribution in [2.45, 2.75) is 40.2 Å². The van der Waals surface area contributed by atoms with Crippen molar-refractivity contribution in [2.24, 2.45) is 5.41 Å². The van der Waals surface area contributed by atoms with Gasteiger partial charge in [0, 0.05) is 6.04 Å². The molecule has 4 heteroatoms. The van der Waals surface area contributed by atoms with Crippen LogP contribution in [0.15, 0.2) is 18.2 Å². The Morgan fingerprint density at radius 3 is 2.81 bits per heavy atom. The maximum absolute atomic E-state index is 12.1. The molecule has 0 saturated heterocycles. The minimum Gasteiger partial charge on any atom is -0.491 e. The molecule has 1 aliphatic heterocycles. The summed E-state index contributed by atoms with van der Waals surface area (Å²) < 4.78 is 5.62. The zero-order chi connectivity index (χ0) is 15.5. The quantitative estimate of drug-likeness (QED) is 0.896. The van der Waals surface area contributed by atoms with E-state index >= 15 is 0 Å². The van der Waals surface area contributed by atoms with Crippen molar-refractivity contribution in [3.8, 4) is 5.75 Å². The number of fused-ring (bicyclic) bond motifs is 1. The van der Waals surface area contributed by atoms with Crippen LogP contribution >= 0.6 is 0 Å². The molecule has 1 atom stereocenters. The zero-order valence-electron chi connectivity index (χ0n) is 13.5. The first-order valence-electron chi connectivity index (χ1n) is 7.72. The Bertz CT molecular complexity index is 506. The van der Waals surface area contributed by atoms with Crippen LogP contribution in [-0.2, 0) is 0 Å². The maximum atomic E-state index is 12.1. The molecule has 4 nitrogen and oxygen atoms in total. The van der Waals surface area contributed by atoms with Crippen LogP contribution in [0.1, 0.15) is 56.1 Å². The fourth-order valence-corrected chi connectivity index (χ4v) is 2.66. The van der Waals surface area contributed by atoms with Gasteiger partial charge in [0.1, 0.15) is 12.4 Å². The van der Waals surface area contributed by atoms with Crippen molar-refractivity contribution in [2.75, 3.05) is 19.7 Å². The third-order valence-corrected chi connectivity index (χ3v) is 3.69. The molecule has 1 heterocycles. The van der Waals surface area contributed by atoms with E-state index in [9.17, 15) is 4.79 Å². The van der Waals surface area contributed by atoms with Gasteiger partial charge in [0.15, 0.2) is 0 Å². The van der Waals surface area contributed by atoms with Gasteiger partial charge in [-0.05, 0) is 36.1 Å². The summed E-state index contributed by atoms with van der Waals surface area (Å²) >= 11 is 0. The highest BCUT2D eigenvalue weighted by molar-refractivity contribution is 5.97. The van der Waals surface area contributed by atoms with E-state index in [1.165, 1.54) is 0 Å². The van der Waals surface area contributed by atoms with Gasteiger partial charge in [-0.2, -0.15) is 0 Å². The highest BCUT2D eigenvalue weighted by atomic mass is 16.5. The standard InChI is InChI=1S/C17H26N2O2/c1-5-8-18-15(17(2,3)4)12-6-7-14-13(11-12)16(20)19-9-10-21-14/h6-7,11,15,18H,5,8-10H2,1-4H3,(H,19,20). The molecule has 1 unspecified atom stereocenters. The third kappa shape index (κ3) is 3.76. The van der Waals surface area contributed by atoms with Crippen LogP contribution in [-0.4, -0.2) is 25.6 Å². The summed E-state index contributed by atoms with van der Waals surface area (Å²) in [6.07, 6.45) is 1.08. The first-order chi connectivity index (χ1) is 9.93. The van der Waals surface area contributed by atoms with E-state index in [0.29, 0.717) is 24.5 Å². The second kappa shape index (κ2) is 6.48. The Hall–Kier alpha value is -1.55. The summed E-state index contributed by atoms with van der Waals surface area (Å²) in [6, 6.07) is 6.16. The SMILES string of the molecule is CCCNC(c1ccc2c(c1)C(=O)NCCO2)C(C)(C)C. The van der Waals surface area contributed by atoms with Crippen LogP contribution in [0.2, 0.25) is 0 Å². The first kappa shape index (κ1) is 15.8. The van der Waals surface area contributed by atoms with Gasteiger partial charge in [0.2, 0.25) is 0 Å². The fourth-order valence-electron chi connectivity index (χ4n) is 2.66. The Morgan fingerprint density at radius 2 is 2.14 bits per heavy atom. The first-order valence-corrected chi connectivity index (χ1v) is 7.72. The lowest BCUT2D eigenvalue weighted by Gasteiger charge is -2.32. The Morgan fingerprint density at radius 1 is 1.38 bits per heavy atom. The van der Waals surface area contributed by atoms with E-state index in [4.69, 9.17) is 4.74 Å². The summed E-state index contributed by atoms with van der Waals surface area (Å²) in [7, 11) is 0. The van der Waals surface area contributed by atoms with Gasteiger partial charge in [0.25, 0.3) is 5.91 Å². The van der Waals surface area contributed by atoms with E-state index in [1.54, 1.807) is 0 Å². The lowest BCUT2D eigenvalue weighted by atomic mass is 9.81. The number of nitrogens with one attached hydrogen (secondary N) is 2. The van der Waals surface area contributed by atoms with Gasteiger partial charge in [-0.25, -0.2) is 0 Å². The van der Waals surface area contributed by atoms with Crippen LogP contribution in [0, 0.1) is 5.41 Å². The van der Waals surface area contributed by atoms with Crippen molar-refractivity contribution in [1.29, 1.82) is 0 Å². The van der Waals surface area contributed by atoms with E-state index in [2.05, 4.69) is 44.4 Å². The maximum Gasteiger partial charge on any atom is 0.255 e. The molecule has 116 valence electrons. The average molecular weight is 290 g/mol. The zero-order valence-corrected chi connectivity index (χ0v) is 13.5. The molecule has 0 bridgehead atoms. The van der Waals surface area contributed by atoms with E-state index < -0.39 is 0 Å². The molecule has 1 aromatic rings. The largest absolute Gasteiger partial charge is 0.491 e. The average Bonchev–Trinajstić information content (AvgIpc) is 2.60. The van der Waals surface area contributed by atoms with Gasteiger partial charge in [-0.15, -0.1) is 0 Å². The molecule has 1 aromatic carbocycles. The molecule has 0 radical (unpaired) electrons. The molecule has 0 saturated carbocycles. The highest BCUT2D eigenvalue weighted by Gasteiger charge is 2.27. The molecule has 2 rings (SSSR count). The predicted molar refractivity (Wildman–Crippen MR) is 84.8 cm³/mol. The Labute approximate surface area is 127 Å². The van der Waals surface area contributed by atoms with Crippen LogP contribution in [0.3, 0.4) is 0 Å². The number of rotatable bonds is 4. The van der Waals surface area contributed by atoms with Crippen molar-refractivity contribution >= 4 is 5.91 Å². The normalized spacial score (nSPS) is 16.5. The van der Waals surface area contributed by atoms with Crippen molar-refractivity contribution in [1.82, 2.24) is 10.6 Å². The number of hydrogen-bond donors (Lipinski definition) is 2. The second-order valence-corrected chi connectivity index (χ2v) is 6.61. The predicted octanol–water partition coefficient (Wildman–Crippen LogP) is 2.90. The van der Waals surface area contributed by atoms with Gasteiger partial charge in [-0.3, -0.25) is 4.79 Å². The number of ether oxygens (including phenoxy) is 1. The topological polar surface area (TPSA) is 50.4 Å². The molecule has 2 N–H and O–H groups in total. The lowest BCUT2D eigenvalue weighted by Crippen LogP contribution is -2.33. The number of carbonyl (C=O) groups excluding carboxylic acids is 1. The fraction of sp³-hybridized carbons (Fsp3) is 0.588. The molecule has 0 fully saturated rings. The summed E-state index contributed by atoms with van der Waals surface area (Å²) in [6.45, 7) is 10.8. The minimum absolute atomic E-state index is 0.0486. The van der Waals surface area contributed by atoms with Crippen LogP contribution in [0.4, 0.5) is 0 Å². The van der Waals surface area contributed by atoms with Gasteiger partial charge in [-0.1, -0.05) is 33.8 Å². The lowest BCUT2D eigenvalue weighted by molar-refractivity contribution is 0.0957. The molecule has 0 aliphatic carbocycles. The monoisotopic (exact) mass is 290 g/mol. The van der Waals surface area contributed by atoms with Crippen LogP contribution in [0.5, 0.6) is 5.75 Å². The molecule has 0 spiro atoms. The summed E-state index contributed by atoms with van der Waals surface area (Å²) in [4.78, 5) is 12.1. The van der Waals surface area contributed by atoms with E-state index in [0.717, 1.165) is 18.5 Å². The molecular weight excluding hydrogens is 264 g/mol. The molecule has 0 aromatic heterocycles. The second-order valence-electron chi connectivity index (χ2n) is 6.61. The van der Waals surface area contributed by atoms with Crippen molar-refractivity contribution in [3.63, 3.8) is 0 Å². The van der Waals surface area contributed by atoms with E-state index in [-0.39, 0.29) is 17.4 Å². The van der Waals surface area contributed by atoms with Crippen molar-refractivity contribution in [3.05, 3.63) is 29.3 Å². The molecule has 21 heavy (non-hydrogen) atoms. The van der Waals surface area contributed by atoms with Gasteiger partial charge >= 0.3 is 0 Å². The van der Waals surface area contributed by atoms with Crippen LogP contribution < -0.4 is 15.4 Å². The van der Waals surface area contributed by atoms with Gasteiger partial charge in [0.05, 0.1) is 12.1 Å². The smallest absolute Gasteiger partial charge is 0.255 e. The van der Waals surface area contributed by atoms with Gasteiger partial charge < -0.3 is 15.4 Å². The molecule has 1 aliphatic rings. The minimum atomic E-state index is -0.0486. The number of carbonyl (C=O) groups is 1. The summed E-state index contributed by atoms with van der Waals surface area (Å²) in [5.41, 5.74) is 1.85. The highest BCUT2D eigenvalue weighted by Crippen LogP contribution is 2.35. The van der Waals surface area contributed by atoms with E-state index in [1.807, 2.05) is 12.1 Å². The number of benzene rings is 1. The molecular formula is C17H26N2O2. The number of hydrogen-bond acceptors (Lipinski definition) is 3.